The molecule has 2 heterocycles. The number of piperidine rings is 1. The van der Waals surface area contributed by atoms with Crippen LogP contribution in [0.1, 0.15) is 54.1 Å². The number of hydrogen-bond donors (Lipinski definition) is 0. The van der Waals surface area contributed by atoms with Crippen LogP contribution in [0.15, 0.2) is 22.7 Å². The van der Waals surface area contributed by atoms with Gasteiger partial charge in [-0.2, -0.15) is 0 Å². The summed E-state index contributed by atoms with van der Waals surface area (Å²) in [6, 6.07) is 5.29. The van der Waals surface area contributed by atoms with Gasteiger partial charge in [0.2, 0.25) is 0 Å². The minimum Gasteiger partial charge on any atom is -0.360 e. The van der Waals surface area contributed by atoms with Crippen molar-refractivity contribution in [3.63, 3.8) is 0 Å². The van der Waals surface area contributed by atoms with Crippen molar-refractivity contribution < 1.29 is 9.32 Å². The van der Waals surface area contributed by atoms with Crippen molar-refractivity contribution in [2.45, 2.75) is 38.0 Å². The first-order chi connectivity index (χ1) is 11.7. The molecule has 2 aliphatic rings. The first-order valence-corrected chi connectivity index (χ1v) is 9.15. The Labute approximate surface area is 150 Å². The van der Waals surface area contributed by atoms with E-state index in [0.717, 1.165) is 38.8 Å². The molecule has 1 saturated carbocycles. The summed E-state index contributed by atoms with van der Waals surface area (Å²) < 4.78 is 5.58. The molecule has 1 aliphatic carbocycles. The highest BCUT2D eigenvalue weighted by Crippen LogP contribution is 2.46. The van der Waals surface area contributed by atoms with E-state index in [4.69, 9.17) is 27.7 Å². The number of hydrogen-bond acceptors (Lipinski definition) is 3. The lowest BCUT2D eigenvalue weighted by atomic mass is 10.0. The second kappa shape index (κ2) is 6.41. The minimum absolute atomic E-state index is 0.0103. The van der Waals surface area contributed by atoms with E-state index in [1.165, 1.54) is 6.42 Å². The zero-order chi connectivity index (χ0) is 16.7. The first kappa shape index (κ1) is 16.0. The summed E-state index contributed by atoms with van der Waals surface area (Å²) in [5, 5.41) is 5.15. The maximum absolute atomic E-state index is 13.2. The maximum atomic E-state index is 13.2. The third kappa shape index (κ3) is 2.82. The second-order valence-corrected chi connectivity index (χ2v) is 7.31. The topological polar surface area (TPSA) is 46.3 Å². The van der Waals surface area contributed by atoms with Gasteiger partial charge in [0, 0.05) is 24.6 Å². The summed E-state index contributed by atoms with van der Waals surface area (Å²) in [6.45, 7) is 1.56. The zero-order valence-corrected chi connectivity index (χ0v) is 14.7. The van der Waals surface area contributed by atoms with Crippen LogP contribution in [0.2, 0.25) is 10.0 Å². The average Bonchev–Trinajstić information content (AvgIpc) is 3.35. The van der Waals surface area contributed by atoms with Gasteiger partial charge in [-0.3, -0.25) is 4.79 Å². The van der Waals surface area contributed by atoms with E-state index in [2.05, 4.69) is 5.16 Å². The average molecular weight is 365 g/mol. The van der Waals surface area contributed by atoms with Crippen LogP contribution in [-0.4, -0.2) is 29.1 Å². The van der Waals surface area contributed by atoms with Gasteiger partial charge in [0.1, 0.15) is 11.3 Å². The lowest BCUT2D eigenvalue weighted by molar-refractivity contribution is 0.0722. The zero-order valence-electron chi connectivity index (χ0n) is 13.2. The summed E-state index contributed by atoms with van der Waals surface area (Å²) in [7, 11) is 0. The Morgan fingerprint density at radius 3 is 2.42 bits per heavy atom. The van der Waals surface area contributed by atoms with E-state index < -0.39 is 0 Å². The molecule has 1 aromatic heterocycles. The molecule has 2 fully saturated rings. The second-order valence-electron chi connectivity index (χ2n) is 6.49. The molecule has 0 radical (unpaired) electrons. The summed E-state index contributed by atoms with van der Waals surface area (Å²) in [6.07, 6.45) is 5.32. The van der Waals surface area contributed by atoms with Gasteiger partial charge in [0.25, 0.3) is 5.91 Å². The maximum Gasteiger partial charge on any atom is 0.259 e. The van der Waals surface area contributed by atoms with Crippen molar-refractivity contribution in [1.82, 2.24) is 10.1 Å². The Balaban J connectivity index is 1.82. The Bertz CT molecular complexity index is 757. The third-order valence-corrected chi connectivity index (χ3v) is 5.35. The van der Waals surface area contributed by atoms with Gasteiger partial charge in [0.05, 0.1) is 10.0 Å². The third-order valence-electron chi connectivity index (χ3n) is 4.72. The van der Waals surface area contributed by atoms with Crippen molar-refractivity contribution in [3.05, 3.63) is 39.6 Å². The van der Waals surface area contributed by atoms with E-state index in [1.807, 2.05) is 4.90 Å². The lowest BCUT2D eigenvalue weighted by Crippen LogP contribution is -2.36. The van der Waals surface area contributed by atoms with E-state index in [0.29, 0.717) is 32.6 Å². The molecule has 126 valence electrons. The van der Waals surface area contributed by atoms with Gasteiger partial charge in [-0.15, -0.1) is 0 Å². The van der Waals surface area contributed by atoms with Gasteiger partial charge in [0.15, 0.2) is 5.76 Å². The Kier molecular flexibility index (Phi) is 4.27. The number of amides is 1. The van der Waals surface area contributed by atoms with E-state index >= 15 is 0 Å². The quantitative estimate of drug-likeness (QED) is 0.756. The number of rotatable bonds is 3. The number of halogens is 2. The molecule has 2 aromatic rings. The molecule has 24 heavy (non-hydrogen) atoms. The van der Waals surface area contributed by atoms with Crippen LogP contribution in [-0.2, 0) is 0 Å². The van der Waals surface area contributed by atoms with Crippen molar-refractivity contribution in [2.24, 2.45) is 0 Å². The highest BCUT2D eigenvalue weighted by molar-refractivity contribution is 6.39. The van der Waals surface area contributed by atoms with Crippen molar-refractivity contribution in [1.29, 1.82) is 0 Å². The molecule has 1 saturated heterocycles. The molecule has 4 rings (SSSR count). The van der Waals surface area contributed by atoms with Crippen LogP contribution >= 0.6 is 23.2 Å². The molecular weight excluding hydrogens is 347 g/mol. The molecule has 1 aromatic carbocycles. The largest absolute Gasteiger partial charge is 0.360 e. The fourth-order valence-corrected chi connectivity index (χ4v) is 3.86. The Morgan fingerprint density at radius 2 is 1.79 bits per heavy atom. The summed E-state index contributed by atoms with van der Waals surface area (Å²) in [5.41, 5.74) is 1.61. The van der Waals surface area contributed by atoms with Crippen molar-refractivity contribution in [2.75, 3.05) is 13.1 Å². The van der Waals surface area contributed by atoms with Gasteiger partial charge in [-0.05, 0) is 44.2 Å². The smallest absolute Gasteiger partial charge is 0.259 e. The van der Waals surface area contributed by atoms with Crippen LogP contribution in [0.25, 0.3) is 11.3 Å². The lowest BCUT2D eigenvalue weighted by Gasteiger charge is -2.26. The first-order valence-electron chi connectivity index (χ1n) is 8.40. The monoisotopic (exact) mass is 364 g/mol. The number of benzene rings is 1. The molecule has 6 heteroatoms. The predicted molar refractivity (Wildman–Crippen MR) is 93.7 cm³/mol. The molecule has 0 unspecified atom stereocenters. The van der Waals surface area contributed by atoms with Crippen molar-refractivity contribution in [3.8, 4) is 11.3 Å². The number of nitrogens with zero attached hydrogens (tertiary/aromatic N) is 2. The number of carbonyl (C=O) groups is 1. The predicted octanol–water partition coefficient (Wildman–Crippen LogP) is 5.15. The molecule has 1 aliphatic heterocycles. The van der Waals surface area contributed by atoms with Gasteiger partial charge >= 0.3 is 0 Å². The Morgan fingerprint density at radius 1 is 1.12 bits per heavy atom. The summed E-state index contributed by atoms with van der Waals surface area (Å²) in [5.74, 6) is 0.969. The standard InChI is InChI=1S/C18H18Cl2N2O2/c19-12-5-4-6-13(20)14(12)16-15(17(24-21-16)11-7-8-11)18(23)22-9-2-1-3-10-22/h4-6,11H,1-3,7-10H2. The van der Waals surface area contributed by atoms with Crippen molar-refractivity contribution >= 4 is 29.1 Å². The molecule has 4 nitrogen and oxygen atoms in total. The minimum atomic E-state index is -0.0103. The molecule has 0 bridgehead atoms. The molecule has 0 N–H and O–H groups in total. The normalized spacial score (nSPS) is 18.0. The number of aromatic nitrogens is 1. The summed E-state index contributed by atoms with van der Waals surface area (Å²) in [4.78, 5) is 15.1. The summed E-state index contributed by atoms with van der Waals surface area (Å²) >= 11 is 12.7. The SMILES string of the molecule is O=C(c1c(-c2c(Cl)cccc2Cl)noc1C1CC1)N1CCCCC1. The van der Waals surface area contributed by atoms with Crippen LogP contribution in [0, 0.1) is 0 Å². The molecule has 0 spiro atoms. The van der Waals surface area contributed by atoms with Crippen LogP contribution in [0.4, 0.5) is 0 Å². The fourth-order valence-electron chi connectivity index (χ4n) is 3.28. The Hall–Kier alpha value is -1.52. The van der Waals surface area contributed by atoms with Crippen LogP contribution in [0.3, 0.4) is 0 Å². The fraction of sp³-hybridized carbons (Fsp3) is 0.444. The van der Waals surface area contributed by atoms with E-state index in [-0.39, 0.29) is 11.8 Å². The van der Waals surface area contributed by atoms with Crippen LogP contribution < -0.4 is 0 Å². The number of carbonyl (C=O) groups excluding carboxylic acids is 1. The van der Waals surface area contributed by atoms with Gasteiger partial charge in [-0.1, -0.05) is 34.4 Å². The number of likely N-dealkylation sites (tertiary alicyclic amines) is 1. The molecule has 1 amide bonds. The van der Waals surface area contributed by atoms with Crippen LogP contribution in [0.5, 0.6) is 0 Å². The molecular formula is C18H18Cl2N2O2. The van der Waals surface area contributed by atoms with Gasteiger partial charge in [-0.25, -0.2) is 0 Å². The molecule has 0 atom stereocenters. The van der Waals surface area contributed by atoms with E-state index in [1.54, 1.807) is 18.2 Å². The van der Waals surface area contributed by atoms with Gasteiger partial charge < -0.3 is 9.42 Å². The highest BCUT2D eigenvalue weighted by Gasteiger charge is 2.37. The highest BCUT2D eigenvalue weighted by atomic mass is 35.5. The van der Waals surface area contributed by atoms with E-state index in [9.17, 15) is 4.79 Å².